The number of fused-ring (bicyclic) bond motifs is 1. The first kappa shape index (κ1) is 21.3. The molecule has 6 nitrogen and oxygen atoms in total. The largest absolute Gasteiger partial charge is 0.497 e. The fourth-order valence-electron chi connectivity index (χ4n) is 4.45. The van der Waals surface area contributed by atoms with Crippen LogP contribution in [0.2, 0.25) is 5.02 Å². The number of ether oxygens (including phenoxy) is 2. The van der Waals surface area contributed by atoms with Crippen molar-refractivity contribution in [1.29, 1.82) is 0 Å². The van der Waals surface area contributed by atoms with Gasteiger partial charge in [-0.25, -0.2) is 4.98 Å². The van der Waals surface area contributed by atoms with Crippen LogP contribution in [-0.2, 0) is 9.53 Å². The van der Waals surface area contributed by atoms with Gasteiger partial charge in [-0.15, -0.1) is 0 Å². The monoisotopic (exact) mass is 461 g/mol. The maximum Gasteiger partial charge on any atom is 0.296 e. The molecular formula is C26H24ClN3O3. The molecule has 168 valence electrons. The van der Waals surface area contributed by atoms with Crippen molar-refractivity contribution in [1.82, 2.24) is 14.5 Å². The third-order valence-electron chi connectivity index (χ3n) is 6.07. The first-order chi connectivity index (χ1) is 16.0. The molecule has 0 unspecified atom stereocenters. The molecule has 7 heteroatoms. The molecule has 1 aromatic heterocycles. The zero-order valence-corrected chi connectivity index (χ0v) is 19.4. The van der Waals surface area contributed by atoms with Gasteiger partial charge >= 0.3 is 0 Å². The van der Waals surface area contributed by atoms with Gasteiger partial charge in [-0.2, -0.15) is 0 Å². The number of imidazole rings is 1. The maximum atomic E-state index is 14.0. The van der Waals surface area contributed by atoms with Crippen LogP contribution in [0.15, 0.2) is 72.9 Å². The number of rotatable bonds is 4. The number of halogens is 1. The summed E-state index contributed by atoms with van der Waals surface area (Å²) in [5.41, 5.74) is 4.10. The van der Waals surface area contributed by atoms with E-state index in [9.17, 15) is 4.79 Å². The standard InChI is InChI=1S/C26H24ClN3O3/c1-16-14-29(15-28-16)24(19-5-4-6-21(13-19)32-3)25-26(31)30-22(17(2)33-25)11-12-23(30)18-7-9-20(27)10-8-18/h4-10,12-15,17,22H,11H2,1-3H3/b25-24-/t17-,22-/m1/s1. The van der Waals surface area contributed by atoms with Gasteiger partial charge in [-0.3, -0.25) is 9.69 Å². The van der Waals surface area contributed by atoms with Gasteiger partial charge in [-0.05, 0) is 50.1 Å². The molecule has 2 aromatic carbocycles. The molecule has 0 spiro atoms. The van der Waals surface area contributed by atoms with E-state index in [0.717, 1.165) is 28.9 Å². The van der Waals surface area contributed by atoms with Crippen molar-refractivity contribution < 1.29 is 14.3 Å². The van der Waals surface area contributed by atoms with Crippen LogP contribution >= 0.6 is 11.6 Å². The molecule has 5 rings (SSSR count). The Morgan fingerprint density at radius 2 is 2.00 bits per heavy atom. The summed E-state index contributed by atoms with van der Waals surface area (Å²) in [4.78, 5) is 20.2. The maximum absolute atomic E-state index is 14.0. The third-order valence-corrected chi connectivity index (χ3v) is 6.32. The quantitative estimate of drug-likeness (QED) is 0.505. The summed E-state index contributed by atoms with van der Waals surface area (Å²) in [6, 6.07) is 15.1. The van der Waals surface area contributed by atoms with E-state index in [4.69, 9.17) is 21.1 Å². The summed E-state index contributed by atoms with van der Waals surface area (Å²) in [5, 5.41) is 0.659. The lowest BCUT2D eigenvalue weighted by Gasteiger charge is -2.39. The molecule has 33 heavy (non-hydrogen) atoms. The Labute approximate surface area is 197 Å². The van der Waals surface area contributed by atoms with Crippen LogP contribution in [0.3, 0.4) is 0 Å². The minimum Gasteiger partial charge on any atom is -0.497 e. The lowest BCUT2D eigenvalue weighted by atomic mass is 10.0. The molecule has 3 aromatic rings. The number of aromatic nitrogens is 2. The van der Waals surface area contributed by atoms with Crippen LogP contribution in [0.5, 0.6) is 5.75 Å². The molecule has 0 N–H and O–H groups in total. The predicted molar refractivity (Wildman–Crippen MR) is 128 cm³/mol. The smallest absolute Gasteiger partial charge is 0.296 e. The fraction of sp³-hybridized carbons (Fsp3) is 0.231. The van der Waals surface area contributed by atoms with Gasteiger partial charge in [0.25, 0.3) is 5.91 Å². The zero-order valence-electron chi connectivity index (χ0n) is 18.7. The highest BCUT2D eigenvalue weighted by Gasteiger charge is 2.44. The molecular weight excluding hydrogens is 438 g/mol. The van der Waals surface area contributed by atoms with E-state index in [0.29, 0.717) is 16.5 Å². The van der Waals surface area contributed by atoms with Crippen molar-refractivity contribution in [3.63, 3.8) is 0 Å². The average molecular weight is 462 g/mol. The number of hydrogen-bond donors (Lipinski definition) is 0. The summed E-state index contributed by atoms with van der Waals surface area (Å²) >= 11 is 6.09. The van der Waals surface area contributed by atoms with Gasteiger partial charge in [0.05, 0.1) is 25.2 Å². The Morgan fingerprint density at radius 3 is 2.70 bits per heavy atom. The van der Waals surface area contributed by atoms with Gasteiger partial charge < -0.3 is 14.0 Å². The molecule has 2 aliphatic heterocycles. The minimum atomic E-state index is -0.191. The molecule has 0 bridgehead atoms. The second-order valence-corrected chi connectivity index (χ2v) is 8.67. The molecule has 1 saturated heterocycles. The van der Waals surface area contributed by atoms with Crippen molar-refractivity contribution in [3.8, 4) is 5.75 Å². The Morgan fingerprint density at radius 1 is 1.21 bits per heavy atom. The SMILES string of the molecule is COc1cccc(/C(=C2/O[C@H](C)[C@H]3CC=C(c4ccc(Cl)cc4)N3C2=O)n2cnc(C)c2)c1. The lowest BCUT2D eigenvalue weighted by molar-refractivity contribution is -0.138. The van der Waals surface area contributed by atoms with Crippen LogP contribution in [0, 0.1) is 6.92 Å². The number of hydrogen-bond acceptors (Lipinski definition) is 4. The highest BCUT2D eigenvalue weighted by molar-refractivity contribution is 6.30. The molecule has 1 amide bonds. The van der Waals surface area contributed by atoms with E-state index in [1.54, 1.807) is 13.4 Å². The van der Waals surface area contributed by atoms with Crippen molar-refractivity contribution in [2.45, 2.75) is 32.4 Å². The highest BCUT2D eigenvalue weighted by Crippen LogP contribution is 2.40. The van der Waals surface area contributed by atoms with E-state index < -0.39 is 0 Å². The van der Waals surface area contributed by atoms with Crippen LogP contribution < -0.4 is 4.74 Å². The van der Waals surface area contributed by atoms with E-state index in [2.05, 4.69) is 11.1 Å². The van der Waals surface area contributed by atoms with Gasteiger partial charge in [0, 0.05) is 22.5 Å². The Balaban J connectivity index is 1.66. The normalized spacial score (nSPS) is 21.4. The summed E-state index contributed by atoms with van der Waals surface area (Å²) in [6.45, 7) is 3.92. The van der Waals surface area contributed by atoms with Gasteiger partial charge in [0.1, 0.15) is 17.6 Å². The average Bonchev–Trinajstić information content (AvgIpc) is 3.45. The van der Waals surface area contributed by atoms with Crippen molar-refractivity contribution in [3.05, 3.63) is 94.7 Å². The molecule has 0 radical (unpaired) electrons. The van der Waals surface area contributed by atoms with Crippen molar-refractivity contribution >= 4 is 28.9 Å². The second kappa shape index (κ2) is 8.45. The Hall–Kier alpha value is -3.51. The van der Waals surface area contributed by atoms with Crippen LogP contribution in [0.4, 0.5) is 0 Å². The number of nitrogens with zero attached hydrogens (tertiary/aromatic N) is 3. The lowest BCUT2D eigenvalue weighted by Crippen LogP contribution is -2.49. The van der Waals surface area contributed by atoms with Crippen LogP contribution in [0.25, 0.3) is 11.4 Å². The molecule has 2 atom stereocenters. The summed E-state index contributed by atoms with van der Waals surface area (Å²) < 4.78 is 13.6. The number of carbonyl (C=O) groups is 1. The van der Waals surface area contributed by atoms with Crippen LogP contribution in [-0.4, -0.2) is 39.6 Å². The Kier molecular flexibility index (Phi) is 5.46. The zero-order chi connectivity index (χ0) is 23.1. The first-order valence-electron chi connectivity index (χ1n) is 10.8. The number of amides is 1. The number of morpholine rings is 1. The van der Waals surface area contributed by atoms with Crippen molar-refractivity contribution in [2.24, 2.45) is 0 Å². The molecule has 1 fully saturated rings. The van der Waals surface area contributed by atoms with Crippen LogP contribution in [0.1, 0.15) is 30.2 Å². The number of methoxy groups -OCH3 is 1. The highest BCUT2D eigenvalue weighted by atomic mass is 35.5. The van der Waals surface area contributed by atoms with E-state index in [1.165, 1.54) is 0 Å². The number of aryl methyl sites for hydroxylation is 1. The number of benzene rings is 2. The first-order valence-corrected chi connectivity index (χ1v) is 11.2. The predicted octanol–water partition coefficient (Wildman–Crippen LogP) is 5.13. The third kappa shape index (κ3) is 3.80. The summed E-state index contributed by atoms with van der Waals surface area (Å²) in [7, 11) is 1.62. The fourth-order valence-corrected chi connectivity index (χ4v) is 4.57. The Bertz CT molecular complexity index is 1280. The van der Waals surface area contributed by atoms with E-state index >= 15 is 0 Å². The number of carbonyl (C=O) groups excluding carboxylic acids is 1. The molecule has 0 aliphatic carbocycles. The van der Waals surface area contributed by atoms with Gasteiger partial charge in [0.15, 0.2) is 0 Å². The summed E-state index contributed by atoms with van der Waals surface area (Å²) in [6.07, 6.45) is 6.22. The van der Waals surface area contributed by atoms with E-state index in [1.807, 2.05) is 78.0 Å². The molecule has 2 aliphatic rings. The molecule has 0 saturated carbocycles. The van der Waals surface area contributed by atoms with Gasteiger partial charge in [0.2, 0.25) is 5.76 Å². The van der Waals surface area contributed by atoms with Crippen molar-refractivity contribution in [2.75, 3.05) is 7.11 Å². The molecule has 3 heterocycles. The second-order valence-electron chi connectivity index (χ2n) is 8.23. The minimum absolute atomic E-state index is 0.0667. The van der Waals surface area contributed by atoms with E-state index in [-0.39, 0.29) is 23.8 Å². The van der Waals surface area contributed by atoms with Gasteiger partial charge in [-0.1, -0.05) is 41.9 Å². The topological polar surface area (TPSA) is 56.6 Å². The summed E-state index contributed by atoms with van der Waals surface area (Å²) in [5.74, 6) is 0.798.